The van der Waals surface area contributed by atoms with Crippen LogP contribution >= 0.6 is 0 Å². The lowest BCUT2D eigenvalue weighted by molar-refractivity contribution is -0.125. The molecule has 0 saturated heterocycles. The van der Waals surface area contributed by atoms with Crippen LogP contribution in [0, 0.1) is 5.82 Å². The molecular weight excluding hydrogens is 185 g/mol. The fourth-order valence-electron chi connectivity index (χ4n) is 1.48. The summed E-state index contributed by atoms with van der Waals surface area (Å²) in [5.41, 5.74) is 0.480. The van der Waals surface area contributed by atoms with E-state index < -0.39 is 6.10 Å². The van der Waals surface area contributed by atoms with Gasteiger partial charge in [0.1, 0.15) is 11.6 Å². The van der Waals surface area contributed by atoms with E-state index in [-0.39, 0.29) is 11.7 Å². The van der Waals surface area contributed by atoms with Crippen LogP contribution in [0.2, 0.25) is 0 Å². The van der Waals surface area contributed by atoms with Crippen LogP contribution in [0.15, 0.2) is 18.2 Å². The van der Waals surface area contributed by atoms with Crippen LogP contribution in [0.5, 0.6) is 5.75 Å². The van der Waals surface area contributed by atoms with Crippen molar-refractivity contribution in [3.63, 3.8) is 0 Å². The van der Waals surface area contributed by atoms with Crippen LogP contribution in [-0.2, 0) is 4.79 Å². The van der Waals surface area contributed by atoms with Crippen molar-refractivity contribution < 1.29 is 13.9 Å². The van der Waals surface area contributed by atoms with Gasteiger partial charge < -0.3 is 9.64 Å². The Morgan fingerprint density at radius 3 is 2.93 bits per heavy atom. The first-order chi connectivity index (χ1) is 6.59. The first-order valence-electron chi connectivity index (χ1n) is 4.33. The Morgan fingerprint density at radius 1 is 1.50 bits per heavy atom. The third-order valence-corrected chi connectivity index (χ3v) is 2.26. The predicted molar refractivity (Wildman–Crippen MR) is 49.9 cm³/mol. The monoisotopic (exact) mass is 195 g/mol. The highest BCUT2D eigenvalue weighted by atomic mass is 19.1. The Morgan fingerprint density at radius 2 is 2.21 bits per heavy atom. The predicted octanol–water partition coefficient (Wildman–Crippen LogP) is 1.57. The van der Waals surface area contributed by atoms with E-state index in [1.165, 1.54) is 23.1 Å². The molecule has 3 nitrogen and oxygen atoms in total. The largest absolute Gasteiger partial charge is 0.479 e. The van der Waals surface area contributed by atoms with Crippen LogP contribution in [0.3, 0.4) is 0 Å². The van der Waals surface area contributed by atoms with E-state index in [0.717, 1.165) is 0 Å². The smallest absolute Gasteiger partial charge is 0.267 e. The van der Waals surface area contributed by atoms with Crippen molar-refractivity contribution in [1.82, 2.24) is 0 Å². The molecule has 2 rings (SSSR count). The molecule has 1 aromatic carbocycles. The second kappa shape index (κ2) is 2.97. The number of amides is 1. The van der Waals surface area contributed by atoms with Crippen LogP contribution in [0.4, 0.5) is 10.1 Å². The maximum atomic E-state index is 12.9. The summed E-state index contributed by atoms with van der Waals surface area (Å²) in [5, 5.41) is 0. The summed E-state index contributed by atoms with van der Waals surface area (Å²) in [4.78, 5) is 12.9. The molecular formula is C10H10FNO2. The fourth-order valence-corrected chi connectivity index (χ4v) is 1.48. The van der Waals surface area contributed by atoms with Gasteiger partial charge in [-0.25, -0.2) is 4.39 Å². The number of anilines is 1. The molecule has 0 aliphatic carbocycles. The van der Waals surface area contributed by atoms with E-state index in [2.05, 4.69) is 0 Å². The fraction of sp³-hybridized carbons (Fsp3) is 0.300. The lowest BCUT2D eigenvalue weighted by Gasteiger charge is -2.30. The molecule has 0 fully saturated rings. The van der Waals surface area contributed by atoms with Crippen LogP contribution in [-0.4, -0.2) is 19.1 Å². The third-order valence-electron chi connectivity index (χ3n) is 2.26. The van der Waals surface area contributed by atoms with Gasteiger partial charge >= 0.3 is 0 Å². The number of carbonyl (C=O) groups excluding carboxylic acids is 1. The van der Waals surface area contributed by atoms with Gasteiger partial charge in [0.25, 0.3) is 5.91 Å². The Hall–Kier alpha value is -1.58. The molecule has 1 amide bonds. The number of fused-ring (bicyclic) bond motifs is 1. The molecule has 1 heterocycles. The minimum absolute atomic E-state index is 0.164. The summed E-state index contributed by atoms with van der Waals surface area (Å²) in [6.07, 6.45) is -0.502. The minimum atomic E-state index is -0.502. The van der Waals surface area contributed by atoms with Crippen molar-refractivity contribution in [2.45, 2.75) is 13.0 Å². The molecule has 74 valence electrons. The molecule has 1 aromatic rings. The zero-order chi connectivity index (χ0) is 10.3. The molecule has 1 aliphatic rings. The van der Waals surface area contributed by atoms with Crippen LogP contribution in [0.1, 0.15) is 6.92 Å². The molecule has 0 aromatic heterocycles. The molecule has 14 heavy (non-hydrogen) atoms. The number of carbonyl (C=O) groups is 1. The highest BCUT2D eigenvalue weighted by molar-refractivity contribution is 5.99. The van der Waals surface area contributed by atoms with Crippen molar-refractivity contribution in [3.8, 4) is 5.75 Å². The van der Waals surface area contributed by atoms with E-state index in [1.54, 1.807) is 14.0 Å². The van der Waals surface area contributed by atoms with Crippen molar-refractivity contribution in [2.75, 3.05) is 11.9 Å². The molecule has 1 atom stereocenters. The maximum Gasteiger partial charge on any atom is 0.267 e. The SMILES string of the molecule is CC1Oc2ccc(F)cc2N(C)C1=O. The van der Waals surface area contributed by atoms with Gasteiger partial charge in [-0.3, -0.25) is 4.79 Å². The summed E-state index contributed by atoms with van der Waals surface area (Å²) in [5.74, 6) is 0.00523. The van der Waals surface area contributed by atoms with Crippen LogP contribution < -0.4 is 9.64 Å². The number of hydrogen-bond acceptors (Lipinski definition) is 2. The van der Waals surface area contributed by atoms with E-state index in [0.29, 0.717) is 11.4 Å². The number of benzene rings is 1. The molecule has 0 radical (unpaired) electrons. The third kappa shape index (κ3) is 1.23. The number of ether oxygens (including phenoxy) is 1. The number of halogens is 1. The first-order valence-corrected chi connectivity index (χ1v) is 4.33. The Kier molecular flexibility index (Phi) is 1.91. The van der Waals surface area contributed by atoms with Gasteiger partial charge in [-0.2, -0.15) is 0 Å². The quantitative estimate of drug-likeness (QED) is 0.628. The number of hydrogen-bond donors (Lipinski definition) is 0. The molecule has 0 spiro atoms. The molecule has 0 saturated carbocycles. The molecule has 4 heteroatoms. The Labute approximate surface area is 81.1 Å². The topological polar surface area (TPSA) is 29.5 Å². The van der Waals surface area contributed by atoms with E-state index in [1.807, 2.05) is 0 Å². The van der Waals surface area contributed by atoms with Crippen LogP contribution in [0.25, 0.3) is 0 Å². The molecule has 0 N–H and O–H groups in total. The van der Waals surface area contributed by atoms with E-state index in [4.69, 9.17) is 4.74 Å². The summed E-state index contributed by atoms with van der Waals surface area (Å²) in [6, 6.07) is 4.14. The first kappa shape index (κ1) is 8.99. The van der Waals surface area contributed by atoms with Crippen molar-refractivity contribution in [3.05, 3.63) is 24.0 Å². The van der Waals surface area contributed by atoms with Gasteiger partial charge in [0.15, 0.2) is 6.10 Å². The van der Waals surface area contributed by atoms with Crippen molar-refractivity contribution in [2.24, 2.45) is 0 Å². The van der Waals surface area contributed by atoms with E-state index >= 15 is 0 Å². The normalized spacial score (nSPS) is 20.4. The number of rotatable bonds is 0. The summed E-state index contributed by atoms with van der Waals surface area (Å²) >= 11 is 0. The summed E-state index contributed by atoms with van der Waals surface area (Å²) in [6.45, 7) is 1.67. The lowest BCUT2D eigenvalue weighted by Crippen LogP contribution is -2.41. The second-order valence-electron chi connectivity index (χ2n) is 3.27. The van der Waals surface area contributed by atoms with Crippen molar-refractivity contribution in [1.29, 1.82) is 0 Å². The van der Waals surface area contributed by atoms with Gasteiger partial charge in [-0.05, 0) is 19.1 Å². The highest BCUT2D eigenvalue weighted by Gasteiger charge is 2.28. The number of nitrogens with zero attached hydrogens (tertiary/aromatic N) is 1. The summed E-state index contributed by atoms with van der Waals surface area (Å²) in [7, 11) is 1.61. The Balaban J connectivity index is 2.51. The zero-order valence-electron chi connectivity index (χ0n) is 7.95. The van der Waals surface area contributed by atoms with E-state index in [9.17, 15) is 9.18 Å². The average molecular weight is 195 g/mol. The van der Waals surface area contributed by atoms with Gasteiger partial charge in [-0.1, -0.05) is 0 Å². The molecule has 1 unspecified atom stereocenters. The van der Waals surface area contributed by atoms with Gasteiger partial charge in [0, 0.05) is 13.1 Å². The second-order valence-corrected chi connectivity index (χ2v) is 3.27. The standard InChI is InChI=1S/C10H10FNO2/c1-6-10(13)12(2)8-5-7(11)3-4-9(8)14-6/h3-6H,1-2H3. The van der Waals surface area contributed by atoms with Gasteiger partial charge in [0.2, 0.25) is 0 Å². The molecule has 1 aliphatic heterocycles. The lowest BCUT2D eigenvalue weighted by atomic mass is 10.2. The maximum absolute atomic E-state index is 12.9. The Bertz CT molecular complexity index is 392. The zero-order valence-corrected chi connectivity index (χ0v) is 7.95. The summed E-state index contributed by atoms with van der Waals surface area (Å²) < 4.78 is 18.2. The van der Waals surface area contributed by atoms with Crippen molar-refractivity contribution >= 4 is 11.6 Å². The molecule has 0 bridgehead atoms. The number of likely N-dealkylation sites (N-methyl/N-ethyl adjacent to an activating group) is 1. The van der Waals surface area contributed by atoms with Gasteiger partial charge in [-0.15, -0.1) is 0 Å². The minimum Gasteiger partial charge on any atom is -0.479 e. The van der Waals surface area contributed by atoms with Gasteiger partial charge in [0.05, 0.1) is 5.69 Å². The average Bonchev–Trinajstić information content (AvgIpc) is 2.16. The highest BCUT2D eigenvalue weighted by Crippen LogP contribution is 2.33.